The summed E-state index contributed by atoms with van der Waals surface area (Å²) >= 11 is 0. The van der Waals surface area contributed by atoms with Gasteiger partial charge >= 0.3 is 5.97 Å². The standard InChI is InChI=1S/C13H18O4/c1-15-12(14)9-11(13(16-2)17-3)10-7-5-4-6-8-10/h4-8,11,13H,9H2,1-3H3. The number of rotatable bonds is 6. The Bertz CT molecular complexity index is 333. The summed E-state index contributed by atoms with van der Waals surface area (Å²) in [6.45, 7) is 0. The minimum Gasteiger partial charge on any atom is -0.469 e. The molecule has 0 spiro atoms. The number of carbonyl (C=O) groups excluding carboxylic acids is 1. The number of ether oxygens (including phenoxy) is 3. The maximum Gasteiger partial charge on any atom is 0.306 e. The van der Waals surface area contributed by atoms with Crippen LogP contribution in [0.1, 0.15) is 17.9 Å². The van der Waals surface area contributed by atoms with Gasteiger partial charge in [-0.2, -0.15) is 0 Å². The first-order chi connectivity index (χ1) is 8.22. The molecule has 0 N–H and O–H groups in total. The Kier molecular flexibility index (Phi) is 5.66. The molecule has 4 nitrogen and oxygen atoms in total. The minimum atomic E-state index is -0.462. The Balaban J connectivity index is 2.89. The van der Waals surface area contributed by atoms with Crippen LogP contribution in [0.25, 0.3) is 0 Å². The fourth-order valence-electron chi connectivity index (χ4n) is 1.76. The molecule has 0 amide bonds. The second kappa shape index (κ2) is 7.04. The lowest BCUT2D eigenvalue weighted by Gasteiger charge is -2.24. The molecule has 0 heterocycles. The molecule has 0 aliphatic heterocycles. The van der Waals surface area contributed by atoms with E-state index in [-0.39, 0.29) is 18.3 Å². The van der Waals surface area contributed by atoms with Gasteiger partial charge in [0.15, 0.2) is 6.29 Å². The van der Waals surface area contributed by atoms with Crippen LogP contribution in [-0.4, -0.2) is 33.6 Å². The van der Waals surface area contributed by atoms with Crippen LogP contribution in [0.15, 0.2) is 30.3 Å². The van der Waals surface area contributed by atoms with Gasteiger partial charge in [0, 0.05) is 20.1 Å². The van der Waals surface area contributed by atoms with Crippen molar-refractivity contribution >= 4 is 5.97 Å². The third kappa shape index (κ3) is 3.84. The number of benzene rings is 1. The number of carbonyl (C=O) groups is 1. The Morgan fingerprint density at radius 1 is 1.12 bits per heavy atom. The molecule has 1 unspecified atom stereocenters. The summed E-state index contributed by atoms with van der Waals surface area (Å²) in [7, 11) is 4.49. The van der Waals surface area contributed by atoms with E-state index < -0.39 is 6.29 Å². The molecular weight excluding hydrogens is 220 g/mol. The van der Waals surface area contributed by atoms with Gasteiger partial charge in [-0.05, 0) is 5.56 Å². The third-order valence-electron chi connectivity index (χ3n) is 2.64. The van der Waals surface area contributed by atoms with E-state index in [1.165, 1.54) is 7.11 Å². The number of hydrogen-bond acceptors (Lipinski definition) is 4. The highest BCUT2D eigenvalue weighted by Gasteiger charge is 2.25. The largest absolute Gasteiger partial charge is 0.469 e. The van der Waals surface area contributed by atoms with Crippen LogP contribution < -0.4 is 0 Å². The molecular formula is C13H18O4. The number of hydrogen-bond donors (Lipinski definition) is 0. The first-order valence-corrected chi connectivity index (χ1v) is 5.40. The van der Waals surface area contributed by atoms with Crippen LogP contribution in [0.3, 0.4) is 0 Å². The molecule has 0 aromatic heterocycles. The van der Waals surface area contributed by atoms with E-state index in [0.29, 0.717) is 0 Å². The Hall–Kier alpha value is -1.39. The summed E-state index contributed by atoms with van der Waals surface area (Å²) in [5.41, 5.74) is 0.992. The van der Waals surface area contributed by atoms with Gasteiger partial charge in [-0.3, -0.25) is 4.79 Å². The Morgan fingerprint density at radius 3 is 2.18 bits per heavy atom. The van der Waals surface area contributed by atoms with Gasteiger partial charge in [0.1, 0.15) is 0 Å². The van der Waals surface area contributed by atoms with Gasteiger partial charge in [0.2, 0.25) is 0 Å². The lowest BCUT2D eigenvalue weighted by Crippen LogP contribution is -2.25. The fraction of sp³-hybridized carbons (Fsp3) is 0.462. The summed E-state index contributed by atoms with van der Waals surface area (Å²) in [4.78, 5) is 11.4. The predicted octanol–water partition coefficient (Wildman–Crippen LogP) is 1.95. The van der Waals surface area contributed by atoms with E-state index in [9.17, 15) is 4.79 Å². The quantitative estimate of drug-likeness (QED) is 0.561. The highest BCUT2D eigenvalue weighted by atomic mass is 16.7. The zero-order valence-electron chi connectivity index (χ0n) is 10.4. The van der Waals surface area contributed by atoms with Gasteiger partial charge in [-0.15, -0.1) is 0 Å². The summed E-state index contributed by atoms with van der Waals surface area (Å²) < 4.78 is 15.2. The molecule has 4 heteroatoms. The highest BCUT2D eigenvalue weighted by molar-refractivity contribution is 5.70. The maximum absolute atomic E-state index is 11.4. The van der Waals surface area contributed by atoms with E-state index in [4.69, 9.17) is 14.2 Å². The zero-order chi connectivity index (χ0) is 12.7. The van der Waals surface area contributed by atoms with Gasteiger partial charge < -0.3 is 14.2 Å². The van der Waals surface area contributed by atoms with E-state index in [0.717, 1.165) is 5.56 Å². The van der Waals surface area contributed by atoms with Crippen molar-refractivity contribution in [2.45, 2.75) is 18.6 Å². The van der Waals surface area contributed by atoms with Crippen LogP contribution in [0, 0.1) is 0 Å². The smallest absolute Gasteiger partial charge is 0.306 e. The molecule has 1 atom stereocenters. The Morgan fingerprint density at radius 2 is 1.71 bits per heavy atom. The predicted molar refractivity (Wildman–Crippen MR) is 63.6 cm³/mol. The summed E-state index contributed by atoms with van der Waals surface area (Å²) in [6, 6.07) is 9.65. The molecule has 1 aromatic carbocycles. The van der Waals surface area contributed by atoms with Gasteiger partial charge in [-0.1, -0.05) is 30.3 Å². The lowest BCUT2D eigenvalue weighted by molar-refractivity contribution is -0.149. The molecule has 0 aliphatic carbocycles. The second-order valence-corrected chi connectivity index (χ2v) is 3.64. The summed E-state index contributed by atoms with van der Waals surface area (Å²) in [5.74, 6) is -0.448. The van der Waals surface area contributed by atoms with Gasteiger partial charge in [0.05, 0.1) is 13.5 Å². The molecule has 0 fully saturated rings. The average Bonchev–Trinajstić information content (AvgIpc) is 2.39. The molecule has 94 valence electrons. The van der Waals surface area contributed by atoms with E-state index >= 15 is 0 Å². The molecule has 0 radical (unpaired) electrons. The van der Waals surface area contributed by atoms with E-state index in [1.54, 1.807) is 14.2 Å². The monoisotopic (exact) mass is 238 g/mol. The number of esters is 1. The van der Waals surface area contributed by atoms with Crippen molar-refractivity contribution in [2.75, 3.05) is 21.3 Å². The average molecular weight is 238 g/mol. The van der Waals surface area contributed by atoms with Crippen molar-refractivity contribution < 1.29 is 19.0 Å². The van der Waals surface area contributed by atoms with Crippen LogP contribution in [-0.2, 0) is 19.0 Å². The van der Waals surface area contributed by atoms with Crippen molar-refractivity contribution in [1.29, 1.82) is 0 Å². The van der Waals surface area contributed by atoms with Crippen molar-refractivity contribution in [1.82, 2.24) is 0 Å². The molecule has 0 saturated heterocycles. The van der Waals surface area contributed by atoms with Gasteiger partial charge in [-0.25, -0.2) is 0 Å². The van der Waals surface area contributed by atoms with Crippen molar-refractivity contribution in [3.8, 4) is 0 Å². The number of methoxy groups -OCH3 is 3. The third-order valence-corrected chi connectivity index (χ3v) is 2.64. The van der Waals surface area contributed by atoms with Crippen LogP contribution in [0.5, 0.6) is 0 Å². The van der Waals surface area contributed by atoms with Crippen molar-refractivity contribution in [2.24, 2.45) is 0 Å². The molecule has 17 heavy (non-hydrogen) atoms. The molecule has 0 aliphatic rings. The topological polar surface area (TPSA) is 44.8 Å². The fourth-order valence-corrected chi connectivity index (χ4v) is 1.76. The Labute approximate surface area is 101 Å². The van der Waals surface area contributed by atoms with E-state index in [2.05, 4.69) is 0 Å². The van der Waals surface area contributed by atoms with Crippen LogP contribution in [0.4, 0.5) is 0 Å². The zero-order valence-corrected chi connectivity index (χ0v) is 10.4. The van der Waals surface area contributed by atoms with Crippen LogP contribution in [0.2, 0.25) is 0 Å². The molecule has 0 bridgehead atoms. The molecule has 1 aromatic rings. The first kappa shape index (κ1) is 13.7. The molecule has 1 rings (SSSR count). The lowest BCUT2D eigenvalue weighted by atomic mass is 9.95. The van der Waals surface area contributed by atoms with E-state index in [1.807, 2.05) is 30.3 Å². The maximum atomic E-state index is 11.4. The normalized spacial score (nSPS) is 12.5. The second-order valence-electron chi connectivity index (χ2n) is 3.64. The highest BCUT2D eigenvalue weighted by Crippen LogP contribution is 2.26. The van der Waals surface area contributed by atoms with Crippen molar-refractivity contribution in [3.05, 3.63) is 35.9 Å². The van der Waals surface area contributed by atoms with Crippen LogP contribution >= 0.6 is 0 Å². The van der Waals surface area contributed by atoms with Gasteiger partial charge in [0.25, 0.3) is 0 Å². The first-order valence-electron chi connectivity index (χ1n) is 5.40. The molecule has 0 saturated carbocycles. The summed E-state index contributed by atoms with van der Waals surface area (Å²) in [6.07, 6.45) is -0.233. The van der Waals surface area contributed by atoms with Crippen molar-refractivity contribution in [3.63, 3.8) is 0 Å². The summed E-state index contributed by atoms with van der Waals surface area (Å²) in [5, 5.41) is 0. The SMILES string of the molecule is COC(=O)CC(c1ccccc1)C(OC)OC. The minimum absolute atomic E-state index is 0.168.